The van der Waals surface area contributed by atoms with Gasteiger partial charge < -0.3 is 15.8 Å². The van der Waals surface area contributed by atoms with E-state index >= 15 is 0 Å². The molecule has 1 aromatic heterocycles. The summed E-state index contributed by atoms with van der Waals surface area (Å²) in [4.78, 5) is 2.06. The van der Waals surface area contributed by atoms with Gasteiger partial charge in [0.1, 0.15) is 0 Å². The highest BCUT2D eigenvalue weighted by Crippen LogP contribution is 2.25. The molecule has 1 atom stereocenters. The molecule has 118 valence electrons. The van der Waals surface area contributed by atoms with Crippen LogP contribution < -0.4 is 10.6 Å². The number of rotatable bonds is 7. The van der Waals surface area contributed by atoms with E-state index in [1.807, 2.05) is 20.9 Å². The Morgan fingerprint density at radius 3 is 2.43 bits per heavy atom. The molecule has 1 aromatic rings. The van der Waals surface area contributed by atoms with Crippen LogP contribution in [0.15, 0.2) is 5.16 Å². The molecule has 21 heavy (non-hydrogen) atoms. The summed E-state index contributed by atoms with van der Waals surface area (Å²) >= 11 is 0. The van der Waals surface area contributed by atoms with Gasteiger partial charge in [-0.1, -0.05) is 32.3 Å². The van der Waals surface area contributed by atoms with Gasteiger partial charge in [0.25, 0.3) is 0 Å². The van der Waals surface area contributed by atoms with Crippen molar-refractivity contribution in [2.75, 3.05) is 11.9 Å². The predicted octanol–water partition coefficient (Wildman–Crippen LogP) is 2.32. The number of hydrogen-bond acceptors (Lipinski definition) is 5. The summed E-state index contributed by atoms with van der Waals surface area (Å²) in [5.41, 5.74) is 8.53. The number of aryl methyl sites for hydroxylation is 1. The monoisotopic (exact) mass is 293 g/mol. The number of hydrogen-bond donors (Lipinski definition) is 2. The number of aromatic nitrogens is 2. The van der Waals surface area contributed by atoms with Crippen molar-refractivity contribution in [2.24, 2.45) is 10.9 Å². The van der Waals surface area contributed by atoms with Crippen molar-refractivity contribution in [3.05, 3.63) is 16.8 Å². The Kier molecular flexibility index (Phi) is 6.39. The third-order valence-corrected chi connectivity index (χ3v) is 3.89. The second-order valence-electron chi connectivity index (χ2n) is 5.26. The SMILES string of the molecule is CCCC(C)N(C)c1nnc(CC)c(CC)c1C(N)=NO. The average molecular weight is 293 g/mol. The molecule has 0 aromatic carbocycles. The molecule has 3 N–H and O–H groups in total. The minimum atomic E-state index is 0.0991. The Balaban J connectivity index is 3.44. The molecule has 1 rings (SSSR count). The Bertz CT molecular complexity index is 501. The number of nitrogens with two attached hydrogens (primary N) is 1. The molecule has 0 saturated carbocycles. The highest BCUT2D eigenvalue weighted by Gasteiger charge is 2.22. The van der Waals surface area contributed by atoms with Crippen LogP contribution in [0.25, 0.3) is 0 Å². The minimum Gasteiger partial charge on any atom is -0.409 e. The quantitative estimate of drug-likeness (QED) is 0.348. The van der Waals surface area contributed by atoms with Crippen LogP contribution in [0.5, 0.6) is 0 Å². The molecule has 6 heteroatoms. The van der Waals surface area contributed by atoms with Gasteiger partial charge in [0.2, 0.25) is 0 Å². The molecule has 0 aliphatic carbocycles. The second-order valence-corrected chi connectivity index (χ2v) is 5.26. The largest absolute Gasteiger partial charge is 0.409 e. The average Bonchev–Trinajstić information content (AvgIpc) is 2.51. The van der Waals surface area contributed by atoms with E-state index in [-0.39, 0.29) is 5.84 Å². The van der Waals surface area contributed by atoms with Crippen molar-refractivity contribution >= 4 is 11.7 Å². The van der Waals surface area contributed by atoms with Crippen molar-refractivity contribution < 1.29 is 5.21 Å². The molecule has 0 saturated heterocycles. The first-order chi connectivity index (χ1) is 10.0. The molecular formula is C15H27N5O. The number of oxime groups is 1. The third kappa shape index (κ3) is 3.62. The van der Waals surface area contributed by atoms with E-state index in [0.717, 1.165) is 36.9 Å². The Hall–Kier alpha value is -1.85. The van der Waals surface area contributed by atoms with E-state index < -0.39 is 0 Å². The van der Waals surface area contributed by atoms with Crippen LogP contribution in [-0.4, -0.2) is 34.3 Å². The van der Waals surface area contributed by atoms with Gasteiger partial charge in [-0.05, 0) is 31.7 Å². The predicted molar refractivity (Wildman–Crippen MR) is 86.1 cm³/mol. The molecule has 0 aliphatic rings. The maximum atomic E-state index is 9.12. The zero-order valence-electron chi connectivity index (χ0n) is 13.7. The van der Waals surface area contributed by atoms with Crippen LogP contribution in [0, 0.1) is 0 Å². The van der Waals surface area contributed by atoms with E-state index in [0.29, 0.717) is 17.4 Å². The molecule has 0 radical (unpaired) electrons. The first kappa shape index (κ1) is 17.2. The zero-order valence-corrected chi connectivity index (χ0v) is 13.7. The molecule has 0 amide bonds. The lowest BCUT2D eigenvalue weighted by Gasteiger charge is -2.28. The zero-order chi connectivity index (χ0) is 16.0. The second kappa shape index (κ2) is 7.81. The fourth-order valence-electron chi connectivity index (χ4n) is 2.55. The Morgan fingerprint density at radius 2 is 1.95 bits per heavy atom. The lowest BCUT2D eigenvalue weighted by atomic mass is 10.0. The lowest BCUT2D eigenvalue weighted by molar-refractivity contribution is 0.318. The normalized spacial score (nSPS) is 13.3. The van der Waals surface area contributed by atoms with E-state index in [1.54, 1.807) is 0 Å². The first-order valence-corrected chi connectivity index (χ1v) is 7.60. The molecule has 6 nitrogen and oxygen atoms in total. The molecular weight excluding hydrogens is 266 g/mol. The van der Waals surface area contributed by atoms with E-state index in [9.17, 15) is 0 Å². The summed E-state index contributed by atoms with van der Waals surface area (Å²) in [5, 5.41) is 21.0. The fraction of sp³-hybridized carbons (Fsp3) is 0.667. The Morgan fingerprint density at radius 1 is 1.29 bits per heavy atom. The summed E-state index contributed by atoms with van der Waals surface area (Å²) in [6.07, 6.45) is 3.68. The van der Waals surface area contributed by atoms with Gasteiger partial charge in [0.15, 0.2) is 11.7 Å². The maximum absolute atomic E-state index is 9.12. The van der Waals surface area contributed by atoms with Gasteiger partial charge in [-0.25, -0.2) is 0 Å². The smallest absolute Gasteiger partial charge is 0.174 e. The standard InChI is InChI=1S/C15H27N5O/c1-6-9-10(4)20(5)15-13(14(16)19-21)11(7-2)12(8-3)17-18-15/h10,21H,6-9H2,1-5H3,(H2,16,19). The number of nitrogens with zero attached hydrogens (tertiary/aromatic N) is 4. The van der Waals surface area contributed by atoms with Gasteiger partial charge in [-0.3, -0.25) is 0 Å². The number of amidine groups is 1. The van der Waals surface area contributed by atoms with Gasteiger partial charge in [0, 0.05) is 13.1 Å². The van der Waals surface area contributed by atoms with Crippen molar-refractivity contribution in [1.82, 2.24) is 10.2 Å². The topological polar surface area (TPSA) is 87.6 Å². The van der Waals surface area contributed by atoms with Gasteiger partial charge in [0.05, 0.1) is 11.3 Å². The van der Waals surface area contributed by atoms with Crippen LogP contribution >= 0.6 is 0 Å². The third-order valence-electron chi connectivity index (χ3n) is 3.89. The summed E-state index contributed by atoms with van der Waals surface area (Å²) in [7, 11) is 1.98. The Labute approximate surface area is 127 Å². The molecule has 0 bridgehead atoms. The van der Waals surface area contributed by atoms with E-state index in [2.05, 4.69) is 34.1 Å². The highest BCUT2D eigenvalue weighted by atomic mass is 16.4. The first-order valence-electron chi connectivity index (χ1n) is 7.60. The molecule has 1 heterocycles. The highest BCUT2D eigenvalue weighted by molar-refractivity contribution is 6.03. The summed E-state index contributed by atoms with van der Waals surface area (Å²) in [6.45, 7) is 8.37. The van der Waals surface area contributed by atoms with E-state index in [4.69, 9.17) is 10.9 Å². The molecule has 0 aliphatic heterocycles. The fourth-order valence-corrected chi connectivity index (χ4v) is 2.55. The van der Waals surface area contributed by atoms with Gasteiger partial charge >= 0.3 is 0 Å². The number of anilines is 1. The summed E-state index contributed by atoms with van der Waals surface area (Å²) in [5.74, 6) is 0.780. The van der Waals surface area contributed by atoms with E-state index in [1.165, 1.54) is 0 Å². The lowest BCUT2D eigenvalue weighted by Crippen LogP contribution is -2.33. The summed E-state index contributed by atoms with van der Waals surface area (Å²) in [6, 6.07) is 0.312. The molecule has 1 unspecified atom stereocenters. The van der Waals surface area contributed by atoms with Crippen molar-refractivity contribution in [3.63, 3.8) is 0 Å². The van der Waals surface area contributed by atoms with Crippen molar-refractivity contribution in [3.8, 4) is 0 Å². The minimum absolute atomic E-state index is 0.0991. The van der Waals surface area contributed by atoms with Gasteiger partial charge in [-0.15, -0.1) is 5.10 Å². The van der Waals surface area contributed by atoms with Crippen LogP contribution in [-0.2, 0) is 12.8 Å². The maximum Gasteiger partial charge on any atom is 0.174 e. The summed E-state index contributed by atoms with van der Waals surface area (Å²) < 4.78 is 0. The van der Waals surface area contributed by atoms with Crippen molar-refractivity contribution in [1.29, 1.82) is 0 Å². The molecule has 0 fully saturated rings. The van der Waals surface area contributed by atoms with Crippen LogP contribution in [0.3, 0.4) is 0 Å². The molecule has 0 spiro atoms. The van der Waals surface area contributed by atoms with Crippen LogP contribution in [0.4, 0.5) is 5.82 Å². The van der Waals surface area contributed by atoms with Crippen LogP contribution in [0.1, 0.15) is 57.4 Å². The van der Waals surface area contributed by atoms with Gasteiger partial charge in [-0.2, -0.15) is 5.10 Å². The van der Waals surface area contributed by atoms with Crippen molar-refractivity contribution in [2.45, 2.75) is 59.4 Å². The van der Waals surface area contributed by atoms with Crippen LogP contribution in [0.2, 0.25) is 0 Å².